The summed E-state index contributed by atoms with van der Waals surface area (Å²) < 4.78 is 2.26. The van der Waals surface area contributed by atoms with Crippen LogP contribution < -0.4 is 5.73 Å². The molecule has 0 aliphatic rings. The first-order chi connectivity index (χ1) is 10.2. The molecule has 21 heavy (non-hydrogen) atoms. The van der Waals surface area contributed by atoms with Gasteiger partial charge in [-0.3, -0.25) is 4.98 Å². The van der Waals surface area contributed by atoms with E-state index < -0.39 is 0 Å². The van der Waals surface area contributed by atoms with Gasteiger partial charge in [0.1, 0.15) is 0 Å². The van der Waals surface area contributed by atoms with Crippen LogP contribution in [-0.4, -0.2) is 16.1 Å². The zero-order valence-corrected chi connectivity index (χ0v) is 12.6. The second-order valence-electron chi connectivity index (χ2n) is 5.57. The highest BCUT2D eigenvalue weighted by atomic mass is 14.9. The van der Waals surface area contributed by atoms with Crippen molar-refractivity contribution in [1.29, 1.82) is 0 Å². The molecule has 0 spiro atoms. The fraction of sp³-hybridized carbons (Fsp3) is 0.278. The van der Waals surface area contributed by atoms with Gasteiger partial charge in [-0.05, 0) is 49.2 Å². The Balaban J connectivity index is 2.07. The molecular weight excluding hydrogens is 258 g/mol. The Morgan fingerprint density at radius 1 is 1.14 bits per heavy atom. The third-order valence-corrected chi connectivity index (χ3v) is 4.37. The number of hydrogen-bond donors (Lipinski definition) is 1. The van der Waals surface area contributed by atoms with E-state index in [1.807, 2.05) is 12.4 Å². The van der Waals surface area contributed by atoms with Gasteiger partial charge in [0.05, 0.1) is 0 Å². The molecule has 3 rings (SSSR count). The lowest BCUT2D eigenvalue weighted by Gasteiger charge is -2.16. The second kappa shape index (κ2) is 5.70. The minimum absolute atomic E-state index is 0.332. The Labute approximate surface area is 125 Å². The molecule has 108 valence electrons. The van der Waals surface area contributed by atoms with Crippen molar-refractivity contribution in [1.82, 2.24) is 9.55 Å². The highest BCUT2D eigenvalue weighted by Crippen LogP contribution is 2.32. The van der Waals surface area contributed by atoms with E-state index in [2.05, 4.69) is 59.9 Å². The van der Waals surface area contributed by atoms with E-state index in [1.54, 1.807) is 0 Å². The van der Waals surface area contributed by atoms with Crippen LogP contribution in [0.1, 0.15) is 22.7 Å². The molecule has 3 aromatic rings. The highest BCUT2D eigenvalue weighted by molar-refractivity contribution is 5.86. The molecule has 0 saturated heterocycles. The third-order valence-electron chi connectivity index (χ3n) is 4.37. The van der Waals surface area contributed by atoms with Crippen molar-refractivity contribution in [2.45, 2.75) is 19.3 Å². The summed E-state index contributed by atoms with van der Waals surface area (Å²) in [5.41, 5.74) is 11.3. The van der Waals surface area contributed by atoms with E-state index in [-0.39, 0.29) is 0 Å². The molecule has 1 aromatic carbocycles. The third kappa shape index (κ3) is 2.45. The molecule has 0 bridgehead atoms. The van der Waals surface area contributed by atoms with Gasteiger partial charge in [-0.1, -0.05) is 18.2 Å². The molecule has 0 aliphatic carbocycles. The maximum absolute atomic E-state index is 6.10. The smallest absolute Gasteiger partial charge is 0.0482 e. The quantitative estimate of drug-likeness (QED) is 0.797. The molecule has 3 nitrogen and oxygen atoms in total. The Bertz CT molecular complexity index is 744. The van der Waals surface area contributed by atoms with Gasteiger partial charge < -0.3 is 10.3 Å². The summed E-state index contributed by atoms with van der Waals surface area (Å²) in [6.45, 7) is 2.84. The van der Waals surface area contributed by atoms with E-state index in [1.165, 1.54) is 27.7 Å². The van der Waals surface area contributed by atoms with Gasteiger partial charge in [-0.2, -0.15) is 0 Å². The number of nitrogens with zero attached hydrogens (tertiary/aromatic N) is 2. The lowest BCUT2D eigenvalue weighted by molar-refractivity contribution is 0.688. The van der Waals surface area contributed by atoms with Gasteiger partial charge in [-0.15, -0.1) is 0 Å². The summed E-state index contributed by atoms with van der Waals surface area (Å²) in [5.74, 6) is 0.332. The Morgan fingerprint density at radius 2 is 1.86 bits per heavy atom. The van der Waals surface area contributed by atoms with Crippen molar-refractivity contribution in [3.63, 3.8) is 0 Å². The zero-order valence-electron chi connectivity index (χ0n) is 12.6. The SMILES string of the molecule is Cc1c(C(CN)Cc2ccncc2)c2ccccc2n1C. The van der Waals surface area contributed by atoms with Gasteiger partial charge in [-0.25, -0.2) is 0 Å². The minimum atomic E-state index is 0.332. The Hall–Kier alpha value is -2.13. The normalized spacial score (nSPS) is 12.7. The standard InChI is InChI=1S/C18H21N3/c1-13-18(16-5-3-4-6-17(16)21(13)2)15(12-19)11-14-7-9-20-10-8-14/h3-10,15H,11-12,19H2,1-2H3. The van der Waals surface area contributed by atoms with Crippen LogP contribution in [0.25, 0.3) is 10.9 Å². The number of rotatable bonds is 4. The molecular formula is C18H21N3. The topological polar surface area (TPSA) is 43.8 Å². The van der Waals surface area contributed by atoms with Gasteiger partial charge in [0.2, 0.25) is 0 Å². The van der Waals surface area contributed by atoms with Crippen LogP contribution in [0.4, 0.5) is 0 Å². The number of para-hydroxylation sites is 1. The van der Waals surface area contributed by atoms with Crippen LogP contribution in [0.15, 0.2) is 48.8 Å². The predicted octanol–water partition coefficient (Wildman–Crippen LogP) is 3.17. The summed E-state index contributed by atoms with van der Waals surface area (Å²) in [4.78, 5) is 4.09. The van der Waals surface area contributed by atoms with Crippen molar-refractivity contribution in [3.05, 3.63) is 65.6 Å². The maximum atomic E-state index is 6.10. The average Bonchev–Trinajstić information content (AvgIpc) is 2.78. The van der Waals surface area contributed by atoms with E-state index >= 15 is 0 Å². The number of nitrogens with two attached hydrogens (primary N) is 1. The fourth-order valence-corrected chi connectivity index (χ4v) is 3.17. The number of fused-ring (bicyclic) bond motifs is 1. The maximum Gasteiger partial charge on any atom is 0.0482 e. The van der Waals surface area contributed by atoms with Crippen LogP contribution in [-0.2, 0) is 13.5 Å². The van der Waals surface area contributed by atoms with E-state index in [4.69, 9.17) is 5.73 Å². The van der Waals surface area contributed by atoms with Crippen molar-refractivity contribution in [2.24, 2.45) is 12.8 Å². The summed E-state index contributed by atoms with van der Waals surface area (Å²) in [6.07, 6.45) is 4.64. The lowest BCUT2D eigenvalue weighted by Crippen LogP contribution is -2.16. The van der Waals surface area contributed by atoms with Crippen molar-refractivity contribution in [2.75, 3.05) is 6.54 Å². The van der Waals surface area contributed by atoms with Crippen LogP contribution in [0.2, 0.25) is 0 Å². The predicted molar refractivity (Wildman–Crippen MR) is 87.4 cm³/mol. The number of benzene rings is 1. The van der Waals surface area contributed by atoms with Crippen LogP contribution in [0, 0.1) is 6.92 Å². The summed E-state index contributed by atoms with van der Waals surface area (Å²) in [5, 5.41) is 1.32. The first kappa shape index (κ1) is 13.8. The molecule has 0 amide bonds. The number of pyridine rings is 1. The van der Waals surface area contributed by atoms with E-state index in [0.717, 1.165) is 6.42 Å². The Morgan fingerprint density at radius 3 is 2.57 bits per heavy atom. The second-order valence-corrected chi connectivity index (χ2v) is 5.57. The lowest BCUT2D eigenvalue weighted by atomic mass is 9.90. The van der Waals surface area contributed by atoms with E-state index in [9.17, 15) is 0 Å². The van der Waals surface area contributed by atoms with Crippen molar-refractivity contribution >= 4 is 10.9 Å². The van der Waals surface area contributed by atoms with Crippen LogP contribution in [0.3, 0.4) is 0 Å². The van der Waals surface area contributed by atoms with Gasteiger partial charge >= 0.3 is 0 Å². The molecule has 0 fully saturated rings. The van der Waals surface area contributed by atoms with Crippen molar-refractivity contribution in [3.8, 4) is 0 Å². The number of aryl methyl sites for hydroxylation is 1. The monoisotopic (exact) mass is 279 g/mol. The molecule has 0 radical (unpaired) electrons. The zero-order chi connectivity index (χ0) is 14.8. The minimum Gasteiger partial charge on any atom is -0.348 e. The van der Waals surface area contributed by atoms with E-state index in [0.29, 0.717) is 12.5 Å². The van der Waals surface area contributed by atoms with Crippen LogP contribution in [0.5, 0.6) is 0 Å². The molecule has 1 unspecified atom stereocenters. The molecule has 0 saturated carbocycles. The van der Waals surface area contributed by atoms with Crippen LogP contribution >= 0.6 is 0 Å². The Kier molecular flexibility index (Phi) is 3.76. The van der Waals surface area contributed by atoms with Crippen molar-refractivity contribution < 1.29 is 0 Å². The molecule has 1 atom stereocenters. The first-order valence-electron chi connectivity index (χ1n) is 7.35. The summed E-state index contributed by atoms with van der Waals surface area (Å²) >= 11 is 0. The molecule has 0 aliphatic heterocycles. The fourth-order valence-electron chi connectivity index (χ4n) is 3.17. The number of aromatic nitrogens is 2. The average molecular weight is 279 g/mol. The van der Waals surface area contributed by atoms with Gasteiger partial charge in [0.15, 0.2) is 0 Å². The van der Waals surface area contributed by atoms with Gasteiger partial charge in [0.25, 0.3) is 0 Å². The summed E-state index contributed by atoms with van der Waals surface area (Å²) in [6, 6.07) is 12.7. The highest BCUT2D eigenvalue weighted by Gasteiger charge is 2.19. The first-order valence-corrected chi connectivity index (χ1v) is 7.35. The molecule has 3 heteroatoms. The number of hydrogen-bond acceptors (Lipinski definition) is 2. The molecule has 2 heterocycles. The van der Waals surface area contributed by atoms with Gasteiger partial charge in [0, 0.05) is 42.0 Å². The molecule has 2 aromatic heterocycles. The molecule has 2 N–H and O–H groups in total. The largest absolute Gasteiger partial charge is 0.348 e. The summed E-state index contributed by atoms with van der Waals surface area (Å²) in [7, 11) is 2.13.